The van der Waals surface area contributed by atoms with E-state index >= 15 is 0 Å². The second kappa shape index (κ2) is 6.75. The van der Waals surface area contributed by atoms with Crippen molar-refractivity contribution in [1.82, 2.24) is 10.3 Å². The van der Waals surface area contributed by atoms with Crippen LogP contribution in [0.1, 0.15) is 23.3 Å². The van der Waals surface area contributed by atoms with E-state index in [4.69, 9.17) is 0 Å². The van der Waals surface area contributed by atoms with E-state index in [0.717, 1.165) is 12.1 Å². The van der Waals surface area contributed by atoms with Gasteiger partial charge in [0.2, 0.25) is 0 Å². The zero-order chi connectivity index (χ0) is 18.9. The number of carboxylic acid groups (broad SMARTS) is 1. The fraction of sp³-hybridized carbons (Fsp3) is 0.375. The molecule has 1 saturated heterocycles. The number of carbonyl (C=O) groups excluding carboxylic acids is 1. The van der Waals surface area contributed by atoms with Crippen molar-refractivity contribution < 1.29 is 32.6 Å². The molecule has 0 spiro atoms. The Labute approximate surface area is 150 Å². The number of amides is 1. The molecule has 0 unspecified atom stereocenters. The molecule has 10 heteroatoms. The lowest BCUT2D eigenvalue weighted by Crippen LogP contribution is -2.56. The molecule has 1 aromatic heterocycles. The first-order valence-electron chi connectivity index (χ1n) is 7.71. The number of nitrogens with one attached hydrogen (secondary N) is 2. The average Bonchev–Trinajstić information content (AvgIpc) is 2.97. The average molecular weight is 388 g/mol. The summed E-state index contributed by atoms with van der Waals surface area (Å²) < 4.78 is 40.7. The molecule has 3 N–H and O–H groups in total. The van der Waals surface area contributed by atoms with Crippen molar-refractivity contribution in [2.75, 3.05) is 11.5 Å². The van der Waals surface area contributed by atoms with Gasteiger partial charge in [-0.2, -0.15) is 11.8 Å². The highest BCUT2D eigenvalue weighted by molar-refractivity contribution is 7.99. The van der Waals surface area contributed by atoms with Crippen LogP contribution in [-0.4, -0.2) is 45.4 Å². The molecule has 140 valence electrons. The molecule has 1 aliphatic rings. The summed E-state index contributed by atoms with van der Waals surface area (Å²) in [4.78, 5) is 26.8. The molecule has 1 aliphatic heterocycles. The summed E-state index contributed by atoms with van der Waals surface area (Å²) in [5.41, 5.74) is -0.979. The van der Waals surface area contributed by atoms with Crippen molar-refractivity contribution in [2.45, 2.75) is 24.7 Å². The predicted octanol–water partition coefficient (Wildman–Crippen LogP) is 3.15. The summed E-state index contributed by atoms with van der Waals surface area (Å²) in [6.07, 6.45) is -4.20. The number of aliphatic carboxylic acids is 1. The number of H-pyrrole nitrogens is 1. The van der Waals surface area contributed by atoms with Crippen LogP contribution < -0.4 is 10.1 Å². The highest BCUT2D eigenvalue weighted by atomic mass is 32.2. The molecule has 0 atom stereocenters. The topological polar surface area (TPSA) is 91.4 Å². The van der Waals surface area contributed by atoms with Gasteiger partial charge in [-0.1, -0.05) is 0 Å². The van der Waals surface area contributed by atoms with Gasteiger partial charge in [-0.25, -0.2) is 4.79 Å². The molecule has 1 fully saturated rings. The molecule has 26 heavy (non-hydrogen) atoms. The summed E-state index contributed by atoms with van der Waals surface area (Å²) in [6.45, 7) is 0. The number of alkyl halides is 3. The lowest BCUT2D eigenvalue weighted by atomic mass is 9.92. The number of halogens is 3. The van der Waals surface area contributed by atoms with Crippen LogP contribution in [0.2, 0.25) is 0 Å². The molecule has 0 bridgehead atoms. The lowest BCUT2D eigenvalue weighted by molar-refractivity contribution is -0.274. The normalized spacial score (nSPS) is 17.0. The smallest absolute Gasteiger partial charge is 0.480 e. The Morgan fingerprint density at radius 2 is 1.92 bits per heavy atom. The van der Waals surface area contributed by atoms with Crippen LogP contribution in [0.15, 0.2) is 24.3 Å². The van der Waals surface area contributed by atoms with E-state index in [1.807, 2.05) is 0 Å². The summed E-state index contributed by atoms with van der Waals surface area (Å²) in [7, 11) is 0. The zero-order valence-corrected chi connectivity index (χ0v) is 14.2. The first kappa shape index (κ1) is 18.4. The fourth-order valence-corrected chi connectivity index (χ4v) is 4.01. The number of thioether (sulfide) groups is 1. The maximum atomic E-state index is 12.5. The number of aromatic nitrogens is 1. The number of carbonyl (C=O) groups is 2. The quantitative estimate of drug-likeness (QED) is 0.749. The van der Waals surface area contributed by atoms with Crippen LogP contribution in [0.5, 0.6) is 5.75 Å². The summed E-state index contributed by atoms with van der Waals surface area (Å²) in [5.74, 6) is -0.878. The van der Waals surface area contributed by atoms with Gasteiger partial charge in [-0.3, -0.25) is 4.79 Å². The minimum absolute atomic E-state index is 0.0722. The molecule has 0 radical (unpaired) electrons. The number of carboxylic acids is 1. The zero-order valence-electron chi connectivity index (χ0n) is 13.4. The van der Waals surface area contributed by atoms with Crippen molar-refractivity contribution in [3.8, 4) is 5.75 Å². The number of hydrogen-bond donors (Lipinski definition) is 3. The van der Waals surface area contributed by atoms with E-state index < -0.39 is 29.5 Å². The van der Waals surface area contributed by atoms with Crippen LogP contribution in [0.3, 0.4) is 0 Å². The summed E-state index contributed by atoms with van der Waals surface area (Å²) >= 11 is 1.62. The van der Waals surface area contributed by atoms with Gasteiger partial charge in [0.15, 0.2) is 0 Å². The van der Waals surface area contributed by atoms with Gasteiger partial charge in [-0.05, 0) is 42.5 Å². The second-order valence-electron chi connectivity index (χ2n) is 5.93. The number of rotatable bonds is 4. The Morgan fingerprint density at radius 3 is 2.54 bits per heavy atom. The second-order valence-corrected chi connectivity index (χ2v) is 7.16. The van der Waals surface area contributed by atoms with E-state index in [2.05, 4.69) is 15.0 Å². The van der Waals surface area contributed by atoms with Crippen LogP contribution in [-0.2, 0) is 4.79 Å². The van der Waals surface area contributed by atoms with Gasteiger partial charge in [0.25, 0.3) is 5.91 Å². The standard InChI is InChI=1S/C16H15F3N2O4S/c17-16(18,19)25-10-2-1-9-7-12(20-11(9)8-10)13(22)21-15(14(23)24)3-5-26-6-4-15/h1-2,7-8,20H,3-6H2,(H,21,22)(H,23,24). The summed E-state index contributed by atoms with van der Waals surface area (Å²) in [6, 6.07) is 5.11. The number of fused-ring (bicyclic) bond motifs is 1. The first-order chi connectivity index (χ1) is 12.2. The van der Waals surface area contributed by atoms with Gasteiger partial charge in [0.05, 0.1) is 0 Å². The lowest BCUT2D eigenvalue weighted by Gasteiger charge is -2.33. The van der Waals surface area contributed by atoms with Crippen molar-refractivity contribution in [1.29, 1.82) is 0 Å². The third-order valence-electron chi connectivity index (χ3n) is 4.18. The van der Waals surface area contributed by atoms with Gasteiger partial charge in [0, 0.05) is 17.0 Å². The Bertz CT molecular complexity index is 844. The molecule has 1 amide bonds. The van der Waals surface area contributed by atoms with Crippen molar-refractivity contribution in [3.05, 3.63) is 30.0 Å². The molecule has 0 saturated carbocycles. The van der Waals surface area contributed by atoms with Crippen LogP contribution >= 0.6 is 11.8 Å². The third-order valence-corrected chi connectivity index (χ3v) is 5.17. The van der Waals surface area contributed by atoms with Gasteiger partial charge in [-0.15, -0.1) is 13.2 Å². The number of benzene rings is 1. The largest absolute Gasteiger partial charge is 0.573 e. The van der Waals surface area contributed by atoms with E-state index in [1.165, 1.54) is 12.1 Å². The van der Waals surface area contributed by atoms with Crippen molar-refractivity contribution in [3.63, 3.8) is 0 Å². The number of aromatic amines is 1. The molecule has 2 aromatic rings. The molecular weight excluding hydrogens is 373 g/mol. The van der Waals surface area contributed by atoms with Crippen LogP contribution in [0.4, 0.5) is 13.2 Å². The predicted molar refractivity (Wildman–Crippen MR) is 89.4 cm³/mol. The van der Waals surface area contributed by atoms with E-state index in [1.54, 1.807) is 11.8 Å². The number of ether oxygens (including phenoxy) is 1. The van der Waals surface area contributed by atoms with Crippen molar-refractivity contribution in [2.24, 2.45) is 0 Å². The molecular formula is C16H15F3N2O4S. The number of hydrogen-bond acceptors (Lipinski definition) is 4. The van der Waals surface area contributed by atoms with Gasteiger partial charge >= 0.3 is 12.3 Å². The molecule has 1 aromatic carbocycles. The summed E-state index contributed by atoms with van der Waals surface area (Å²) in [5, 5.41) is 12.6. The third kappa shape index (κ3) is 3.90. The van der Waals surface area contributed by atoms with Crippen molar-refractivity contribution >= 4 is 34.5 Å². The minimum atomic E-state index is -4.81. The minimum Gasteiger partial charge on any atom is -0.480 e. The molecule has 2 heterocycles. The first-order valence-corrected chi connectivity index (χ1v) is 8.86. The van der Waals surface area contributed by atoms with Crippen LogP contribution in [0, 0.1) is 0 Å². The maximum absolute atomic E-state index is 12.5. The van der Waals surface area contributed by atoms with Gasteiger partial charge < -0.3 is 20.1 Å². The Morgan fingerprint density at radius 1 is 1.23 bits per heavy atom. The van der Waals surface area contributed by atoms with Gasteiger partial charge in [0.1, 0.15) is 17.0 Å². The van der Waals surface area contributed by atoms with E-state index in [0.29, 0.717) is 29.7 Å². The Kier molecular flexibility index (Phi) is 4.78. The SMILES string of the molecule is O=C(NC1(C(=O)O)CCSCC1)c1cc2ccc(OC(F)(F)F)cc2[nH]1. The monoisotopic (exact) mass is 388 g/mol. The van der Waals surface area contributed by atoms with Crippen LogP contribution in [0.25, 0.3) is 10.9 Å². The van der Waals surface area contributed by atoms with E-state index in [-0.39, 0.29) is 11.2 Å². The van der Waals surface area contributed by atoms with E-state index in [9.17, 15) is 27.9 Å². The maximum Gasteiger partial charge on any atom is 0.573 e. The highest BCUT2D eigenvalue weighted by Crippen LogP contribution is 2.29. The Hall–Kier alpha value is -2.36. The highest BCUT2D eigenvalue weighted by Gasteiger charge is 2.41. The fourth-order valence-electron chi connectivity index (χ4n) is 2.82. The molecule has 6 nitrogen and oxygen atoms in total. The molecule has 3 rings (SSSR count). The Balaban J connectivity index is 1.83. The molecule has 0 aliphatic carbocycles.